The van der Waals surface area contributed by atoms with Crippen LogP contribution >= 0.6 is 11.3 Å². The number of carbonyl (C=O) groups is 2. The Morgan fingerprint density at radius 1 is 1.14 bits per heavy atom. The first-order valence-electron chi connectivity index (χ1n) is 10.9. The van der Waals surface area contributed by atoms with E-state index in [1.165, 1.54) is 23.3 Å². The van der Waals surface area contributed by atoms with Gasteiger partial charge >= 0.3 is 0 Å². The van der Waals surface area contributed by atoms with Crippen molar-refractivity contribution in [3.8, 4) is 0 Å². The van der Waals surface area contributed by atoms with Crippen LogP contribution in [0.25, 0.3) is 0 Å². The van der Waals surface area contributed by atoms with E-state index < -0.39 is 0 Å². The Morgan fingerprint density at radius 3 is 2.55 bits per heavy atom. The van der Waals surface area contributed by atoms with Crippen molar-refractivity contribution in [2.45, 2.75) is 63.8 Å². The zero-order valence-electron chi connectivity index (χ0n) is 17.2. The predicted molar refractivity (Wildman–Crippen MR) is 118 cm³/mol. The zero-order valence-corrected chi connectivity index (χ0v) is 18.0. The van der Waals surface area contributed by atoms with Crippen molar-refractivity contribution in [2.75, 3.05) is 13.1 Å². The molecule has 1 aromatic heterocycles. The molecule has 1 saturated heterocycles. The quantitative estimate of drug-likeness (QED) is 0.787. The number of piperidine rings is 1. The molecule has 2 amide bonds. The van der Waals surface area contributed by atoms with Gasteiger partial charge in [-0.1, -0.05) is 37.3 Å². The smallest absolute Gasteiger partial charge is 0.261 e. The minimum absolute atomic E-state index is 0.0601. The maximum Gasteiger partial charge on any atom is 0.261 e. The number of thiophene rings is 1. The first kappa shape index (κ1) is 20.1. The maximum atomic E-state index is 13.0. The second-order valence-electron chi connectivity index (χ2n) is 8.21. The number of benzene rings is 1. The molecular weight excluding hydrogens is 380 g/mol. The third kappa shape index (κ3) is 4.55. The Kier molecular flexibility index (Phi) is 6.34. The van der Waals surface area contributed by atoms with Crippen LogP contribution in [-0.2, 0) is 17.6 Å². The lowest BCUT2D eigenvalue weighted by molar-refractivity contribution is -0.134. The summed E-state index contributed by atoms with van der Waals surface area (Å²) in [6.45, 7) is 3.51. The molecule has 1 unspecified atom stereocenters. The molecule has 2 aromatic rings. The van der Waals surface area contributed by atoms with Gasteiger partial charge in [-0.2, -0.15) is 0 Å². The summed E-state index contributed by atoms with van der Waals surface area (Å²) in [6, 6.07) is 12.3. The highest BCUT2D eigenvalue weighted by atomic mass is 32.1. The number of hydrogen-bond acceptors (Lipinski definition) is 3. The van der Waals surface area contributed by atoms with E-state index in [1.54, 1.807) is 11.3 Å². The highest BCUT2D eigenvalue weighted by Crippen LogP contribution is 2.30. The molecule has 1 N–H and O–H groups in total. The van der Waals surface area contributed by atoms with E-state index >= 15 is 0 Å². The largest absolute Gasteiger partial charge is 0.348 e. The van der Waals surface area contributed by atoms with Crippen LogP contribution in [0.5, 0.6) is 0 Å². The maximum absolute atomic E-state index is 13.0. The molecule has 2 aliphatic rings. The van der Waals surface area contributed by atoms with Gasteiger partial charge in [0.1, 0.15) is 0 Å². The lowest BCUT2D eigenvalue weighted by atomic mass is 9.93. The lowest BCUT2D eigenvalue weighted by Crippen LogP contribution is -2.47. The van der Waals surface area contributed by atoms with Gasteiger partial charge in [0.15, 0.2) is 0 Å². The first-order chi connectivity index (χ1) is 14.2. The van der Waals surface area contributed by atoms with Crippen molar-refractivity contribution in [3.05, 3.63) is 57.3 Å². The summed E-state index contributed by atoms with van der Waals surface area (Å²) in [4.78, 5) is 30.0. The molecule has 0 radical (unpaired) electrons. The van der Waals surface area contributed by atoms with Crippen LogP contribution in [0.2, 0.25) is 0 Å². The van der Waals surface area contributed by atoms with Gasteiger partial charge in [-0.3, -0.25) is 9.59 Å². The molecule has 1 fully saturated rings. The first-order valence-corrected chi connectivity index (χ1v) is 11.7. The SMILES string of the molecule is CCC(C(=O)N1CCC(NC(=O)c2cc3c(s2)CCCC3)CC1)c1ccccc1. The number of hydrogen-bond donors (Lipinski definition) is 1. The van der Waals surface area contributed by atoms with Gasteiger partial charge in [0.05, 0.1) is 10.8 Å². The Labute approximate surface area is 177 Å². The highest BCUT2D eigenvalue weighted by molar-refractivity contribution is 7.14. The second kappa shape index (κ2) is 9.12. The molecule has 1 aliphatic heterocycles. The molecule has 2 heterocycles. The van der Waals surface area contributed by atoms with Gasteiger partial charge in [0, 0.05) is 24.0 Å². The van der Waals surface area contributed by atoms with Crippen LogP contribution in [0.15, 0.2) is 36.4 Å². The number of aryl methyl sites for hydroxylation is 2. The van der Waals surface area contributed by atoms with E-state index in [0.717, 1.165) is 42.5 Å². The van der Waals surface area contributed by atoms with E-state index in [0.29, 0.717) is 13.1 Å². The van der Waals surface area contributed by atoms with Crippen molar-refractivity contribution in [1.82, 2.24) is 10.2 Å². The predicted octanol–water partition coefficient (Wildman–Crippen LogP) is 4.54. The third-order valence-corrected chi connectivity index (χ3v) is 7.51. The fraction of sp³-hybridized carbons (Fsp3) is 0.500. The minimum Gasteiger partial charge on any atom is -0.348 e. The summed E-state index contributed by atoms with van der Waals surface area (Å²) < 4.78 is 0. The highest BCUT2D eigenvalue weighted by Gasteiger charge is 2.29. The van der Waals surface area contributed by atoms with Gasteiger partial charge < -0.3 is 10.2 Å². The number of likely N-dealkylation sites (tertiary alicyclic amines) is 1. The normalized spacial score (nSPS) is 18.2. The van der Waals surface area contributed by atoms with Crippen molar-refractivity contribution in [2.24, 2.45) is 0 Å². The van der Waals surface area contributed by atoms with Crippen LogP contribution in [0.3, 0.4) is 0 Å². The van der Waals surface area contributed by atoms with Crippen LogP contribution in [0.1, 0.15) is 70.6 Å². The Hall–Kier alpha value is -2.14. The summed E-state index contributed by atoms with van der Waals surface area (Å²) in [7, 11) is 0. The number of nitrogens with zero attached hydrogens (tertiary/aromatic N) is 1. The number of carbonyl (C=O) groups excluding carboxylic acids is 2. The number of nitrogens with one attached hydrogen (secondary N) is 1. The molecule has 29 heavy (non-hydrogen) atoms. The van der Waals surface area contributed by atoms with Gasteiger partial charge in [0.2, 0.25) is 5.91 Å². The Balaban J connectivity index is 1.31. The van der Waals surface area contributed by atoms with E-state index in [9.17, 15) is 9.59 Å². The fourth-order valence-corrected chi connectivity index (χ4v) is 5.72. The molecule has 0 saturated carbocycles. The summed E-state index contributed by atoms with van der Waals surface area (Å²) in [5.41, 5.74) is 2.47. The monoisotopic (exact) mass is 410 g/mol. The average Bonchev–Trinajstić information content (AvgIpc) is 3.20. The van der Waals surface area contributed by atoms with E-state index in [2.05, 4.69) is 18.3 Å². The molecule has 4 nitrogen and oxygen atoms in total. The fourth-order valence-electron chi connectivity index (χ4n) is 4.56. The molecule has 1 aliphatic carbocycles. The van der Waals surface area contributed by atoms with Crippen LogP contribution in [-0.4, -0.2) is 35.8 Å². The van der Waals surface area contributed by atoms with Gasteiger partial charge in [-0.25, -0.2) is 0 Å². The van der Waals surface area contributed by atoms with Gasteiger partial charge in [0.25, 0.3) is 5.91 Å². The van der Waals surface area contributed by atoms with Crippen molar-refractivity contribution < 1.29 is 9.59 Å². The standard InChI is InChI=1S/C24H30N2O2S/c1-2-20(17-8-4-3-5-9-17)24(28)26-14-12-19(13-15-26)25-23(27)22-16-18-10-6-7-11-21(18)29-22/h3-5,8-9,16,19-20H,2,6-7,10-15H2,1H3,(H,25,27). The molecule has 0 spiro atoms. The Morgan fingerprint density at radius 2 is 1.86 bits per heavy atom. The van der Waals surface area contributed by atoms with Gasteiger partial charge in [-0.05, 0) is 62.1 Å². The third-order valence-electron chi connectivity index (χ3n) is 6.27. The number of rotatable bonds is 5. The lowest BCUT2D eigenvalue weighted by Gasteiger charge is -2.34. The molecule has 5 heteroatoms. The number of fused-ring (bicyclic) bond motifs is 1. The second-order valence-corrected chi connectivity index (χ2v) is 9.35. The molecule has 0 bridgehead atoms. The van der Waals surface area contributed by atoms with Crippen molar-refractivity contribution in [1.29, 1.82) is 0 Å². The summed E-state index contributed by atoms with van der Waals surface area (Å²) in [6.07, 6.45) is 7.17. The van der Waals surface area contributed by atoms with E-state index in [1.807, 2.05) is 35.2 Å². The van der Waals surface area contributed by atoms with Crippen molar-refractivity contribution >= 4 is 23.2 Å². The topological polar surface area (TPSA) is 49.4 Å². The zero-order chi connectivity index (χ0) is 20.2. The van der Waals surface area contributed by atoms with Gasteiger partial charge in [-0.15, -0.1) is 11.3 Å². The molecule has 154 valence electrons. The molecular formula is C24H30N2O2S. The average molecular weight is 411 g/mol. The number of amides is 2. The minimum atomic E-state index is -0.0696. The molecule has 1 aromatic carbocycles. The summed E-state index contributed by atoms with van der Waals surface area (Å²) in [5.74, 6) is 0.207. The molecule has 4 rings (SSSR count). The van der Waals surface area contributed by atoms with Crippen molar-refractivity contribution in [3.63, 3.8) is 0 Å². The summed E-state index contributed by atoms with van der Waals surface area (Å²) in [5, 5.41) is 3.21. The van der Waals surface area contributed by atoms with E-state index in [4.69, 9.17) is 0 Å². The van der Waals surface area contributed by atoms with Crippen LogP contribution in [0.4, 0.5) is 0 Å². The molecule has 1 atom stereocenters. The van der Waals surface area contributed by atoms with Crippen LogP contribution < -0.4 is 5.32 Å². The summed E-state index contributed by atoms with van der Waals surface area (Å²) >= 11 is 1.67. The Bertz CT molecular complexity index is 830. The van der Waals surface area contributed by atoms with Crippen LogP contribution in [0, 0.1) is 0 Å². The van der Waals surface area contributed by atoms with E-state index in [-0.39, 0.29) is 23.8 Å².